The van der Waals surface area contributed by atoms with Gasteiger partial charge in [0.15, 0.2) is 5.58 Å². The molecule has 1 aromatic heterocycles. The molecule has 0 fully saturated rings. The van der Waals surface area contributed by atoms with E-state index < -0.39 is 0 Å². The van der Waals surface area contributed by atoms with Crippen LogP contribution in [-0.4, -0.2) is 0 Å². The van der Waals surface area contributed by atoms with Crippen LogP contribution in [0.4, 0.5) is 28.4 Å². The van der Waals surface area contributed by atoms with Gasteiger partial charge in [-0.3, -0.25) is 0 Å². The lowest BCUT2D eigenvalue weighted by molar-refractivity contribution is 0.668. The maximum absolute atomic E-state index is 6.52. The zero-order chi connectivity index (χ0) is 36.6. The Kier molecular flexibility index (Phi) is 8.31. The highest BCUT2D eigenvalue weighted by molar-refractivity contribution is 6.10. The molecule has 0 bridgehead atoms. The molecule has 9 aromatic rings. The molecule has 10 rings (SSSR count). The predicted octanol–water partition coefficient (Wildman–Crippen LogP) is 14.9. The highest BCUT2D eigenvalue weighted by Crippen LogP contribution is 2.42. The first kappa shape index (κ1) is 32.5. The Labute approximate surface area is 321 Å². The third-order valence-electron chi connectivity index (χ3n) is 10.7. The van der Waals surface area contributed by atoms with Gasteiger partial charge in [0.05, 0.1) is 5.69 Å². The third kappa shape index (κ3) is 6.06. The van der Waals surface area contributed by atoms with E-state index in [-0.39, 0.29) is 0 Å². The monoisotopic (exact) mass is 706 g/mol. The molecule has 55 heavy (non-hydrogen) atoms. The maximum atomic E-state index is 6.52. The molecular formula is C52H38N2O. The van der Waals surface area contributed by atoms with Crippen LogP contribution in [0, 0.1) is 0 Å². The van der Waals surface area contributed by atoms with Crippen LogP contribution in [0.15, 0.2) is 216 Å². The van der Waals surface area contributed by atoms with Crippen molar-refractivity contribution < 1.29 is 4.42 Å². The molecule has 0 N–H and O–H groups in total. The molecule has 0 saturated heterocycles. The molecule has 0 unspecified atom stereocenters. The van der Waals surface area contributed by atoms with Crippen LogP contribution in [-0.2, 0) is 0 Å². The third-order valence-corrected chi connectivity index (χ3v) is 10.7. The normalized spacial score (nSPS) is 12.6. The van der Waals surface area contributed by atoms with Gasteiger partial charge in [0.1, 0.15) is 5.58 Å². The summed E-state index contributed by atoms with van der Waals surface area (Å²) in [5.41, 5.74) is 13.2. The second-order valence-corrected chi connectivity index (χ2v) is 14.0. The van der Waals surface area contributed by atoms with Gasteiger partial charge in [-0.2, -0.15) is 0 Å². The van der Waals surface area contributed by atoms with Crippen molar-refractivity contribution in [3.8, 4) is 22.3 Å². The molecule has 1 aliphatic carbocycles. The number of furan rings is 1. The number of hydrogen-bond donors (Lipinski definition) is 0. The first-order chi connectivity index (χ1) is 27.3. The molecule has 262 valence electrons. The molecule has 3 nitrogen and oxygen atoms in total. The molecule has 8 aromatic carbocycles. The van der Waals surface area contributed by atoms with Crippen molar-refractivity contribution in [1.82, 2.24) is 0 Å². The fourth-order valence-electron chi connectivity index (χ4n) is 8.00. The van der Waals surface area contributed by atoms with Crippen LogP contribution in [0.2, 0.25) is 0 Å². The summed E-state index contributed by atoms with van der Waals surface area (Å²) in [5.74, 6) is 0. The first-order valence-electron chi connectivity index (χ1n) is 19.0. The summed E-state index contributed by atoms with van der Waals surface area (Å²) < 4.78 is 6.52. The average molecular weight is 707 g/mol. The van der Waals surface area contributed by atoms with Gasteiger partial charge in [-0.1, -0.05) is 133 Å². The van der Waals surface area contributed by atoms with Gasteiger partial charge >= 0.3 is 0 Å². The van der Waals surface area contributed by atoms with Crippen molar-refractivity contribution in [3.63, 3.8) is 0 Å². The highest BCUT2D eigenvalue weighted by atomic mass is 16.3. The van der Waals surface area contributed by atoms with Gasteiger partial charge in [-0.25, -0.2) is 0 Å². The van der Waals surface area contributed by atoms with Crippen LogP contribution in [0.25, 0.3) is 55.0 Å². The second kappa shape index (κ2) is 14.0. The molecule has 0 spiro atoms. The standard InChI is InChI=1S/C52H38N2O/c1-4-15-41(16-5-1)53(42-17-6-2-7-18-42)44-34-30-39(31-35-44)46-22-12-14-38-26-27-40(36-49(38)46)37-28-32-45(33-29-37)54(43-19-8-3-9-20-43)50-24-13-23-48-47-21-10-11-25-51(47)55-52(48)50/h1-2,4-8,10-36H,3,9H2. The van der Waals surface area contributed by atoms with Crippen LogP contribution >= 0.6 is 0 Å². The lowest BCUT2D eigenvalue weighted by Crippen LogP contribution is -2.16. The smallest absolute Gasteiger partial charge is 0.159 e. The highest BCUT2D eigenvalue weighted by Gasteiger charge is 2.21. The quantitative estimate of drug-likeness (QED) is 0.157. The van der Waals surface area contributed by atoms with E-state index in [4.69, 9.17) is 4.42 Å². The van der Waals surface area contributed by atoms with E-state index in [0.717, 1.165) is 68.9 Å². The van der Waals surface area contributed by atoms with Crippen molar-refractivity contribution in [1.29, 1.82) is 0 Å². The molecule has 0 saturated carbocycles. The molecule has 1 aliphatic rings. The Hall–Kier alpha value is -7.10. The van der Waals surface area contributed by atoms with Gasteiger partial charge in [-0.15, -0.1) is 0 Å². The number of hydrogen-bond acceptors (Lipinski definition) is 3. The minimum Gasteiger partial charge on any atom is -0.454 e. The number of allylic oxidation sites excluding steroid dienone is 3. The predicted molar refractivity (Wildman–Crippen MR) is 232 cm³/mol. The van der Waals surface area contributed by atoms with Crippen LogP contribution < -0.4 is 9.80 Å². The summed E-state index contributed by atoms with van der Waals surface area (Å²) in [5, 5.41) is 4.71. The largest absolute Gasteiger partial charge is 0.454 e. The fraction of sp³-hybridized carbons (Fsp3) is 0.0385. The molecule has 1 heterocycles. The van der Waals surface area contributed by atoms with E-state index in [1.54, 1.807) is 0 Å². The molecule has 0 radical (unpaired) electrons. The summed E-state index contributed by atoms with van der Waals surface area (Å²) in [7, 11) is 0. The van der Waals surface area contributed by atoms with Gasteiger partial charge < -0.3 is 14.2 Å². The van der Waals surface area contributed by atoms with E-state index >= 15 is 0 Å². The SMILES string of the molecule is C1=CC(N(c2ccc(-c3ccc4cccc(-c5ccc(N(c6ccccc6)c6ccccc6)cc5)c4c3)cc2)c2cccc3c2oc2ccccc23)=CCC1. The number of anilines is 5. The van der Waals surface area contributed by atoms with Gasteiger partial charge in [-0.05, 0) is 119 Å². The first-order valence-corrected chi connectivity index (χ1v) is 19.0. The average Bonchev–Trinajstić information content (AvgIpc) is 3.65. The fourth-order valence-corrected chi connectivity index (χ4v) is 8.00. The molecule has 0 aliphatic heterocycles. The van der Waals surface area contributed by atoms with Crippen molar-refractivity contribution in [2.24, 2.45) is 0 Å². The summed E-state index contributed by atoms with van der Waals surface area (Å²) in [6, 6.07) is 67.2. The van der Waals surface area contributed by atoms with Gasteiger partial charge in [0.2, 0.25) is 0 Å². The summed E-state index contributed by atoms with van der Waals surface area (Å²) in [6.07, 6.45) is 8.89. The van der Waals surface area contributed by atoms with E-state index in [1.165, 1.54) is 33.0 Å². The summed E-state index contributed by atoms with van der Waals surface area (Å²) in [6.45, 7) is 0. The number of benzene rings is 8. The lowest BCUT2D eigenvalue weighted by atomic mass is 9.94. The van der Waals surface area contributed by atoms with Crippen molar-refractivity contribution in [3.05, 3.63) is 212 Å². The topological polar surface area (TPSA) is 19.6 Å². The van der Waals surface area contributed by atoms with Crippen LogP contribution in [0.3, 0.4) is 0 Å². The molecule has 3 heteroatoms. The van der Waals surface area contributed by atoms with Crippen LogP contribution in [0.5, 0.6) is 0 Å². The number of para-hydroxylation sites is 4. The Bertz CT molecular complexity index is 2810. The van der Waals surface area contributed by atoms with E-state index in [1.807, 2.05) is 12.1 Å². The van der Waals surface area contributed by atoms with E-state index in [9.17, 15) is 0 Å². The Morgan fingerprint density at radius 1 is 0.418 bits per heavy atom. The Morgan fingerprint density at radius 3 is 1.76 bits per heavy atom. The van der Waals surface area contributed by atoms with Crippen molar-refractivity contribution in [2.45, 2.75) is 12.8 Å². The lowest BCUT2D eigenvalue weighted by Gasteiger charge is -2.27. The Balaban J connectivity index is 1.00. The van der Waals surface area contributed by atoms with Gasteiger partial charge in [0.25, 0.3) is 0 Å². The van der Waals surface area contributed by atoms with Crippen molar-refractivity contribution >= 4 is 61.1 Å². The van der Waals surface area contributed by atoms with Gasteiger partial charge in [0, 0.05) is 39.2 Å². The van der Waals surface area contributed by atoms with E-state index in [0.29, 0.717) is 0 Å². The number of rotatable bonds is 8. The zero-order valence-corrected chi connectivity index (χ0v) is 30.3. The molecule has 0 amide bonds. The molecule has 0 atom stereocenters. The number of fused-ring (bicyclic) bond motifs is 4. The van der Waals surface area contributed by atoms with Crippen molar-refractivity contribution in [2.75, 3.05) is 9.80 Å². The van der Waals surface area contributed by atoms with Crippen LogP contribution in [0.1, 0.15) is 12.8 Å². The minimum absolute atomic E-state index is 0.899. The maximum Gasteiger partial charge on any atom is 0.159 e. The minimum atomic E-state index is 0.899. The summed E-state index contributed by atoms with van der Waals surface area (Å²) in [4.78, 5) is 4.64. The van der Waals surface area contributed by atoms with E-state index in [2.05, 4.69) is 204 Å². The zero-order valence-electron chi connectivity index (χ0n) is 30.3. The molecular weight excluding hydrogens is 669 g/mol. The Morgan fingerprint density at radius 2 is 1.04 bits per heavy atom. The second-order valence-electron chi connectivity index (χ2n) is 14.0. The number of nitrogens with zero attached hydrogens (tertiary/aromatic N) is 2. The summed E-state index contributed by atoms with van der Waals surface area (Å²) >= 11 is 0.